The van der Waals surface area contributed by atoms with Crippen molar-refractivity contribution in [1.29, 1.82) is 0 Å². The van der Waals surface area contributed by atoms with Crippen LogP contribution in [0, 0.1) is 0 Å². The maximum Gasteiger partial charge on any atom is 0.0247 e. The Hall–Kier alpha value is -0.560. The van der Waals surface area contributed by atoms with E-state index in [1.807, 2.05) is 6.07 Å². The van der Waals surface area contributed by atoms with Crippen molar-refractivity contribution in [1.82, 2.24) is 0 Å². The Morgan fingerprint density at radius 3 is 2.71 bits per heavy atom. The molecule has 0 N–H and O–H groups in total. The molecule has 1 heteroatoms. The Bertz CT molecular complexity index is 289. The normalized spacial score (nSPS) is 11.0. The number of allylic oxidation sites excluding steroid dienone is 1. The highest BCUT2D eigenvalue weighted by Gasteiger charge is 1.91. The van der Waals surface area contributed by atoms with E-state index in [9.17, 15) is 0 Å². The summed E-state index contributed by atoms with van der Waals surface area (Å²) in [5.74, 6) is 0. The summed E-state index contributed by atoms with van der Waals surface area (Å²) in [6.45, 7) is 2.23. The van der Waals surface area contributed by atoms with E-state index < -0.39 is 0 Å². The van der Waals surface area contributed by atoms with Gasteiger partial charge in [0, 0.05) is 4.47 Å². The summed E-state index contributed by atoms with van der Waals surface area (Å²) >= 11 is 3.53. The van der Waals surface area contributed by atoms with Gasteiger partial charge < -0.3 is 0 Å². The fourth-order valence-corrected chi connectivity index (χ4v) is 1.75. The standard InChI is InChI=1S/C13H17Br/c1-2-3-4-5-6-9-12-10-7-8-11-13(12)14/h6-11H,2-5H2,1H3/b9-6+. The van der Waals surface area contributed by atoms with Gasteiger partial charge in [-0.15, -0.1) is 0 Å². The van der Waals surface area contributed by atoms with Crippen LogP contribution in [-0.2, 0) is 0 Å². The monoisotopic (exact) mass is 252 g/mol. The largest absolute Gasteiger partial charge is 0.0839 e. The zero-order valence-corrected chi connectivity index (χ0v) is 10.3. The SMILES string of the molecule is CCCCC/C=C/c1ccccc1Br. The van der Waals surface area contributed by atoms with Crippen LogP contribution in [0.3, 0.4) is 0 Å². The van der Waals surface area contributed by atoms with Crippen molar-refractivity contribution in [3.05, 3.63) is 40.4 Å². The summed E-state index contributed by atoms with van der Waals surface area (Å²) in [6.07, 6.45) is 9.57. The number of halogens is 1. The molecular weight excluding hydrogens is 236 g/mol. The van der Waals surface area contributed by atoms with Crippen LogP contribution in [0.5, 0.6) is 0 Å². The van der Waals surface area contributed by atoms with Crippen LogP contribution in [0.25, 0.3) is 6.08 Å². The third-order valence-electron chi connectivity index (χ3n) is 2.18. The molecule has 14 heavy (non-hydrogen) atoms. The van der Waals surface area contributed by atoms with E-state index in [1.54, 1.807) is 0 Å². The Morgan fingerprint density at radius 1 is 1.21 bits per heavy atom. The Labute approximate surface area is 95.2 Å². The molecule has 0 fully saturated rings. The smallest absolute Gasteiger partial charge is 0.0247 e. The fourth-order valence-electron chi connectivity index (χ4n) is 1.33. The van der Waals surface area contributed by atoms with Crippen LogP contribution >= 0.6 is 15.9 Å². The lowest BCUT2D eigenvalue weighted by Crippen LogP contribution is -1.74. The lowest BCUT2D eigenvalue weighted by Gasteiger charge is -1.96. The fraction of sp³-hybridized carbons (Fsp3) is 0.385. The first-order valence-electron chi connectivity index (χ1n) is 5.25. The zero-order chi connectivity index (χ0) is 10.2. The predicted octanol–water partition coefficient (Wildman–Crippen LogP) is 5.04. The second kappa shape index (κ2) is 6.83. The highest BCUT2D eigenvalue weighted by Crippen LogP contribution is 2.17. The molecule has 0 aliphatic carbocycles. The van der Waals surface area contributed by atoms with Crippen molar-refractivity contribution >= 4 is 22.0 Å². The zero-order valence-electron chi connectivity index (χ0n) is 8.67. The van der Waals surface area contributed by atoms with Gasteiger partial charge in [-0.25, -0.2) is 0 Å². The average molecular weight is 253 g/mol. The van der Waals surface area contributed by atoms with Crippen molar-refractivity contribution in [3.8, 4) is 0 Å². The minimum absolute atomic E-state index is 1.17. The van der Waals surface area contributed by atoms with Gasteiger partial charge in [0.2, 0.25) is 0 Å². The molecule has 1 aromatic carbocycles. The van der Waals surface area contributed by atoms with E-state index in [0.29, 0.717) is 0 Å². The summed E-state index contributed by atoms with van der Waals surface area (Å²) in [5, 5.41) is 0. The third kappa shape index (κ3) is 4.10. The minimum Gasteiger partial charge on any atom is -0.0839 e. The summed E-state index contributed by atoms with van der Waals surface area (Å²) in [6, 6.07) is 8.31. The highest BCUT2D eigenvalue weighted by molar-refractivity contribution is 9.10. The molecule has 1 aromatic rings. The summed E-state index contributed by atoms with van der Waals surface area (Å²) < 4.78 is 1.17. The van der Waals surface area contributed by atoms with E-state index in [0.717, 1.165) is 0 Å². The van der Waals surface area contributed by atoms with Crippen molar-refractivity contribution in [2.45, 2.75) is 32.6 Å². The second-order valence-electron chi connectivity index (χ2n) is 3.42. The van der Waals surface area contributed by atoms with E-state index in [4.69, 9.17) is 0 Å². The van der Waals surface area contributed by atoms with Gasteiger partial charge in [0.05, 0.1) is 0 Å². The lowest BCUT2D eigenvalue weighted by molar-refractivity contribution is 0.730. The molecule has 0 saturated carbocycles. The van der Waals surface area contributed by atoms with Crippen molar-refractivity contribution in [3.63, 3.8) is 0 Å². The Kier molecular flexibility index (Phi) is 5.62. The maximum absolute atomic E-state index is 3.53. The van der Waals surface area contributed by atoms with Gasteiger partial charge in [-0.2, -0.15) is 0 Å². The molecule has 1 rings (SSSR count). The van der Waals surface area contributed by atoms with Crippen LogP contribution in [0.1, 0.15) is 38.2 Å². The molecule has 0 saturated heterocycles. The molecule has 0 aromatic heterocycles. The number of benzene rings is 1. The average Bonchev–Trinajstić information content (AvgIpc) is 2.20. The molecule has 0 bridgehead atoms. The quantitative estimate of drug-likeness (QED) is 0.644. The van der Waals surface area contributed by atoms with Crippen LogP contribution in [0.15, 0.2) is 34.8 Å². The first-order chi connectivity index (χ1) is 6.84. The van der Waals surface area contributed by atoms with Crippen molar-refractivity contribution < 1.29 is 0 Å². The molecule has 0 atom stereocenters. The molecule has 0 radical (unpaired) electrons. The van der Waals surface area contributed by atoms with E-state index in [1.165, 1.54) is 35.7 Å². The molecule has 0 amide bonds. The summed E-state index contributed by atoms with van der Waals surface area (Å²) in [5.41, 5.74) is 1.27. The molecule has 0 unspecified atom stereocenters. The number of hydrogen-bond acceptors (Lipinski definition) is 0. The molecule has 0 aliphatic rings. The molecule has 0 aliphatic heterocycles. The van der Waals surface area contributed by atoms with Crippen LogP contribution < -0.4 is 0 Å². The third-order valence-corrected chi connectivity index (χ3v) is 2.90. The highest BCUT2D eigenvalue weighted by atomic mass is 79.9. The van der Waals surface area contributed by atoms with Crippen molar-refractivity contribution in [2.75, 3.05) is 0 Å². The predicted molar refractivity (Wildman–Crippen MR) is 67.3 cm³/mol. The number of hydrogen-bond donors (Lipinski definition) is 0. The van der Waals surface area contributed by atoms with Gasteiger partial charge in [0.1, 0.15) is 0 Å². The van der Waals surface area contributed by atoms with Gasteiger partial charge in [0.15, 0.2) is 0 Å². The van der Waals surface area contributed by atoms with Gasteiger partial charge in [-0.3, -0.25) is 0 Å². The van der Waals surface area contributed by atoms with E-state index in [2.05, 4.69) is 53.2 Å². The van der Waals surface area contributed by atoms with E-state index >= 15 is 0 Å². The number of rotatable bonds is 5. The molecular formula is C13H17Br. The van der Waals surface area contributed by atoms with Gasteiger partial charge >= 0.3 is 0 Å². The van der Waals surface area contributed by atoms with Gasteiger partial charge in [-0.05, 0) is 24.5 Å². The topological polar surface area (TPSA) is 0 Å². The molecule has 0 heterocycles. The first kappa shape index (κ1) is 11.5. The van der Waals surface area contributed by atoms with Crippen LogP contribution in [0.2, 0.25) is 0 Å². The molecule has 0 spiro atoms. The van der Waals surface area contributed by atoms with E-state index in [-0.39, 0.29) is 0 Å². The van der Waals surface area contributed by atoms with Crippen molar-refractivity contribution in [2.24, 2.45) is 0 Å². The molecule has 0 nitrogen and oxygen atoms in total. The molecule has 76 valence electrons. The lowest BCUT2D eigenvalue weighted by atomic mass is 10.1. The van der Waals surface area contributed by atoms with Crippen LogP contribution in [0.4, 0.5) is 0 Å². The maximum atomic E-state index is 3.53. The van der Waals surface area contributed by atoms with Gasteiger partial charge in [0.25, 0.3) is 0 Å². The Morgan fingerprint density at radius 2 is 2.00 bits per heavy atom. The first-order valence-corrected chi connectivity index (χ1v) is 6.05. The number of unbranched alkanes of at least 4 members (excludes halogenated alkanes) is 3. The van der Waals surface area contributed by atoms with Gasteiger partial charge in [-0.1, -0.05) is 66.0 Å². The second-order valence-corrected chi connectivity index (χ2v) is 4.27. The van der Waals surface area contributed by atoms with Crippen LogP contribution in [-0.4, -0.2) is 0 Å². The minimum atomic E-state index is 1.17. The summed E-state index contributed by atoms with van der Waals surface area (Å²) in [7, 11) is 0. The summed E-state index contributed by atoms with van der Waals surface area (Å²) in [4.78, 5) is 0. The Balaban J connectivity index is 2.40.